The van der Waals surface area contributed by atoms with Gasteiger partial charge in [-0.1, -0.05) is 0 Å². The summed E-state index contributed by atoms with van der Waals surface area (Å²) in [5.74, 6) is -0.374. The maximum absolute atomic E-state index is 11.3. The van der Waals surface area contributed by atoms with Crippen molar-refractivity contribution in [3.63, 3.8) is 0 Å². The summed E-state index contributed by atoms with van der Waals surface area (Å²) in [5.41, 5.74) is 13.9. The van der Waals surface area contributed by atoms with Gasteiger partial charge in [-0.05, 0) is 43.1 Å². The smallest absolute Gasteiger partial charge is 0.248 e. The molecule has 0 bridgehead atoms. The Morgan fingerprint density at radius 3 is 2.68 bits per heavy atom. The molecule has 0 saturated carbocycles. The molecule has 5 heteroatoms. The largest absolute Gasteiger partial charge is 0.369 e. The Bertz CT molecular complexity index is 441. The van der Waals surface area contributed by atoms with E-state index in [2.05, 4.69) is 10.2 Å². The molecule has 1 amide bonds. The number of primary amides is 1. The number of nitrogens with zero attached hydrogens (tertiary/aromatic N) is 1. The quantitative estimate of drug-likeness (QED) is 0.702. The number of anilines is 1. The van der Waals surface area contributed by atoms with Crippen molar-refractivity contribution in [3.05, 3.63) is 29.3 Å². The van der Waals surface area contributed by atoms with E-state index in [-0.39, 0.29) is 5.91 Å². The summed E-state index contributed by atoms with van der Waals surface area (Å²) in [4.78, 5) is 13.6. The third kappa shape index (κ3) is 3.45. The molecule has 1 aliphatic rings. The van der Waals surface area contributed by atoms with Gasteiger partial charge < -0.3 is 21.7 Å². The Balaban J connectivity index is 2.26. The molecule has 0 atom stereocenters. The topological polar surface area (TPSA) is 84.4 Å². The molecular weight excluding hydrogens is 240 g/mol. The lowest BCUT2D eigenvalue weighted by molar-refractivity contribution is 0.1000. The third-order valence-electron chi connectivity index (χ3n) is 3.47. The van der Waals surface area contributed by atoms with Crippen molar-refractivity contribution >= 4 is 11.6 Å². The molecule has 0 aromatic heterocycles. The summed E-state index contributed by atoms with van der Waals surface area (Å²) < 4.78 is 0. The molecule has 1 aromatic rings. The molecule has 0 aliphatic carbocycles. The van der Waals surface area contributed by atoms with E-state index in [1.54, 1.807) is 0 Å². The number of hydrogen-bond donors (Lipinski definition) is 3. The van der Waals surface area contributed by atoms with Crippen LogP contribution in [0.5, 0.6) is 0 Å². The molecule has 104 valence electrons. The first-order valence-corrected chi connectivity index (χ1v) is 6.81. The van der Waals surface area contributed by atoms with Crippen LogP contribution in [0.4, 0.5) is 5.69 Å². The molecule has 19 heavy (non-hydrogen) atoms. The van der Waals surface area contributed by atoms with E-state index in [1.165, 1.54) is 11.3 Å². The molecule has 5 N–H and O–H groups in total. The number of carbonyl (C=O) groups excluding carboxylic acids is 1. The number of benzene rings is 1. The van der Waals surface area contributed by atoms with Crippen LogP contribution in [0.3, 0.4) is 0 Å². The van der Waals surface area contributed by atoms with E-state index < -0.39 is 0 Å². The highest BCUT2D eigenvalue weighted by molar-refractivity contribution is 5.93. The SMILES string of the molecule is NCCCc1cc(C(N)=O)ccc1N1CCNCC1. The minimum atomic E-state index is -0.374. The van der Waals surface area contributed by atoms with E-state index in [0.717, 1.165) is 39.0 Å². The maximum atomic E-state index is 11.3. The molecule has 1 aliphatic heterocycles. The Hall–Kier alpha value is -1.59. The van der Waals surface area contributed by atoms with Crippen molar-refractivity contribution in [1.82, 2.24) is 5.32 Å². The number of hydrogen-bond acceptors (Lipinski definition) is 4. The second kappa shape index (κ2) is 6.54. The number of carbonyl (C=O) groups is 1. The summed E-state index contributed by atoms with van der Waals surface area (Å²) in [6.45, 7) is 4.63. The standard InChI is InChI=1S/C14H22N4O/c15-5-1-2-11-10-12(14(16)19)3-4-13(11)18-8-6-17-7-9-18/h3-4,10,17H,1-2,5-9,15H2,(H2,16,19). The number of nitrogens with one attached hydrogen (secondary N) is 1. The fourth-order valence-corrected chi connectivity index (χ4v) is 2.45. The van der Waals surface area contributed by atoms with Crippen LogP contribution in [0.25, 0.3) is 0 Å². The van der Waals surface area contributed by atoms with Crippen LogP contribution in [0.2, 0.25) is 0 Å². The molecule has 1 fully saturated rings. The van der Waals surface area contributed by atoms with Gasteiger partial charge >= 0.3 is 0 Å². The van der Waals surface area contributed by atoms with Gasteiger partial charge in [0.2, 0.25) is 5.91 Å². The van der Waals surface area contributed by atoms with E-state index in [1.807, 2.05) is 18.2 Å². The molecule has 0 spiro atoms. The molecule has 0 radical (unpaired) electrons. The predicted molar refractivity (Wildman–Crippen MR) is 77.4 cm³/mol. The van der Waals surface area contributed by atoms with Gasteiger partial charge in [-0.15, -0.1) is 0 Å². The zero-order chi connectivity index (χ0) is 13.7. The number of amides is 1. The van der Waals surface area contributed by atoms with Gasteiger partial charge in [-0.2, -0.15) is 0 Å². The minimum Gasteiger partial charge on any atom is -0.369 e. The highest BCUT2D eigenvalue weighted by Gasteiger charge is 2.15. The van der Waals surface area contributed by atoms with Crippen LogP contribution in [0.1, 0.15) is 22.3 Å². The summed E-state index contributed by atoms with van der Waals surface area (Å²) >= 11 is 0. The van der Waals surface area contributed by atoms with Crippen molar-refractivity contribution in [3.8, 4) is 0 Å². The molecule has 0 unspecified atom stereocenters. The molecule has 1 saturated heterocycles. The van der Waals surface area contributed by atoms with Crippen LogP contribution >= 0.6 is 0 Å². The minimum absolute atomic E-state index is 0.374. The van der Waals surface area contributed by atoms with Crippen LogP contribution in [0, 0.1) is 0 Å². The van der Waals surface area contributed by atoms with Crippen LogP contribution in [-0.2, 0) is 6.42 Å². The van der Waals surface area contributed by atoms with Gasteiger partial charge in [0.15, 0.2) is 0 Å². The first-order chi connectivity index (χ1) is 9.22. The zero-order valence-corrected chi connectivity index (χ0v) is 11.2. The number of aryl methyl sites for hydroxylation is 1. The molecule has 1 heterocycles. The summed E-state index contributed by atoms with van der Waals surface area (Å²) in [7, 11) is 0. The van der Waals surface area contributed by atoms with E-state index in [9.17, 15) is 4.79 Å². The van der Waals surface area contributed by atoms with Crippen LogP contribution in [0.15, 0.2) is 18.2 Å². The van der Waals surface area contributed by atoms with Crippen molar-refractivity contribution < 1.29 is 4.79 Å². The zero-order valence-electron chi connectivity index (χ0n) is 11.2. The van der Waals surface area contributed by atoms with E-state index in [4.69, 9.17) is 11.5 Å². The average Bonchev–Trinajstić information content (AvgIpc) is 2.45. The fourth-order valence-electron chi connectivity index (χ4n) is 2.45. The first-order valence-electron chi connectivity index (χ1n) is 6.81. The lowest BCUT2D eigenvalue weighted by Gasteiger charge is -2.31. The van der Waals surface area contributed by atoms with Crippen molar-refractivity contribution in [2.75, 3.05) is 37.6 Å². The Labute approximate surface area is 113 Å². The second-order valence-electron chi connectivity index (χ2n) is 4.84. The fraction of sp³-hybridized carbons (Fsp3) is 0.500. The van der Waals surface area contributed by atoms with Crippen molar-refractivity contribution in [2.24, 2.45) is 11.5 Å². The van der Waals surface area contributed by atoms with Crippen LogP contribution in [-0.4, -0.2) is 38.6 Å². The highest BCUT2D eigenvalue weighted by atomic mass is 16.1. The normalized spacial score (nSPS) is 15.5. The van der Waals surface area contributed by atoms with Crippen molar-refractivity contribution in [2.45, 2.75) is 12.8 Å². The molecular formula is C14H22N4O. The van der Waals surface area contributed by atoms with E-state index >= 15 is 0 Å². The lowest BCUT2D eigenvalue weighted by Crippen LogP contribution is -2.44. The van der Waals surface area contributed by atoms with E-state index in [0.29, 0.717) is 12.1 Å². The molecule has 2 rings (SSSR count). The maximum Gasteiger partial charge on any atom is 0.248 e. The lowest BCUT2D eigenvalue weighted by atomic mass is 10.0. The highest BCUT2D eigenvalue weighted by Crippen LogP contribution is 2.24. The van der Waals surface area contributed by atoms with Gasteiger partial charge in [0.25, 0.3) is 0 Å². The molecule has 1 aromatic carbocycles. The Morgan fingerprint density at radius 2 is 2.05 bits per heavy atom. The third-order valence-corrected chi connectivity index (χ3v) is 3.47. The summed E-state index contributed by atoms with van der Waals surface area (Å²) in [6.07, 6.45) is 1.80. The van der Waals surface area contributed by atoms with Gasteiger partial charge in [-0.25, -0.2) is 0 Å². The van der Waals surface area contributed by atoms with Crippen LogP contribution < -0.4 is 21.7 Å². The monoisotopic (exact) mass is 262 g/mol. The van der Waals surface area contributed by atoms with Gasteiger partial charge in [0.05, 0.1) is 0 Å². The van der Waals surface area contributed by atoms with Gasteiger partial charge in [0.1, 0.15) is 0 Å². The molecule has 5 nitrogen and oxygen atoms in total. The summed E-state index contributed by atoms with van der Waals surface area (Å²) in [6, 6.07) is 5.73. The van der Waals surface area contributed by atoms with Gasteiger partial charge in [-0.3, -0.25) is 4.79 Å². The first kappa shape index (κ1) is 13.8. The summed E-state index contributed by atoms with van der Waals surface area (Å²) in [5, 5.41) is 3.34. The number of nitrogens with two attached hydrogens (primary N) is 2. The van der Waals surface area contributed by atoms with Gasteiger partial charge in [0, 0.05) is 37.4 Å². The predicted octanol–water partition coefficient (Wildman–Crippen LogP) is 0.0864. The Morgan fingerprint density at radius 1 is 1.32 bits per heavy atom. The Kier molecular flexibility index (Phi) is 4.76. The van der Waals surface area contributed by atoms with Crippen molar-refractivity contribution in [1.29, 1.82) is 0 Å². The second-order valence-corrected chi connectivity index (χ2v) is 4.84. The number of rotatable bonds is 5. The number of piperazine rings is 1. The average molecular weight is 262 g/mol.